The number of carbonyl (C=O) groups excluding carboxylic acids is 1. The highest BCUT2D eigenvalue weighted by molar-refractivity contribution is 6.13. The molecule has 1 aromatic rings. The molecule has 0 aromatic heterocycles. The van der Waals surface area contributed by atoms with Crippen LogP contribution in [0.1, 0.15) is 65.2 Å². The highest BCUT2D eigenvalue weighted by Crippen LogP contribution is 2.38. The Labute approximate surface area is 144 Å². The lowest BCUT2D eigenvalue weighted by Gasteiger charge is -2.33. The van der Waals surface area contributed by atoms with Crippen molar-refractivity contribution in [2.45, 2.75) is 59.3 Å². The van der Waals surface area contributed by atoms with Crippen molar-refractivity contribution < 1.29 is 9.90 Å². The summed E-state index contributed by atoms with van der Waals surface area (Å²) in [6.45, 7) is 14.0. The molecule has 1 aliphatic heterocycles. The number of benzene rings is 1. The highest BCUT2D eigenvalue weighted by atomic mass is 16.3. The Bertz CT molecular complexity index is 709. The van der Waals surface area contributed by atoms with Gasteiger partial charge in [-0.3, -0.25) is 9.69 Å². The highest BCUT2D eigenvalue weighted by Gasteiger charge is 2.25. The van der Waals surface area contributed by atoms with Crippen molar-refractivity contribution in [3.05, 3.63) is 34.5 Å². The van der Waals surface area contributed by atoms with Gasteiger partial charge in [-0.05, 0) is 40.5 Å². The third-order valence-corrected chi connectivity index (χ3v) is 4.32. The molecule has 4 heteroatoms. The first kappa shape index (κ1) is 18.2. The van der Waals surface area contributed by atoms with Crippen molar-refractivity contribution in [1.29, 1.82) is 0 Å². The lowest BCUT2D eigenvalue weighted by atomic mass is 9.78. The van der Waals surface area contributed by atoms with E-state index in [1.54, 1.807) is 20.0 Å². The van der Waals surface area contributed by atoms with Gasteiger partial charge < -0.3 is 5.11 Å². The predicted molar refractivity (Wildman–Crippen MR) is 97.1 cm³/mol. The fourth-order valence-corrected chi connectivity index (χ4v) is 2.72. The molecule has 0 aliphatic carbocycles. The molecule has 0 N–H and O–H groups in total. The van der Waals surface area contributed by atoms with Crippen LogP contribution in [0.15, 0.2) is 22.8 Å². The number of amidine groups is 1. The van der Waals surface area contributed by atoms with Gasteiger partial charge in [0.2, 0.25) is 0 Å². The Morgan fingerprint density at radius 1 is 1.04 bits per heavy atom. The smallest absolute Gasteiger partial charge is 0.277 e. The first-order valence-electron chi connectivity index (χ1n) is 8.23. The fourth-order valence-electron chi connectivity index (χ4n) is 2.72. The Balaban J connectivity index is 2.67. The van der Waals surface area contributed by atoms with Crippen LogP contribution < -0.4 is 5.11 Å². The number of likely N-dealkylation sites (N-methyl/N-ethyl adjacent to an activating group) is 1. The zero-order valence-electron chi connectivity index (χ0n) is 15.9. The number of amides is 1. The molecule has 0 saturated carbocycles. The van der Waals surface area contributed by atoms with Crippen molar-refractivity contribution in [3.63, 3.8) is 0 Å². The summed E-state index contributed by atoms with van der Waals surface area (Å²) < 4.78 is 0. The summed E-state index contributed by atoms with van der Waals surface area (Å²) in [7, 11) is 1.71. The number of carbonyl (C=O) groups is 1. The van der Waals surface area contributed by atoms with Gasteiger partial charge in [0.25, 0.3) is 5.91 Å². The van der Waals surface area contributed by atoms with Gasteiger partial charge in [0.15, 0.2) is 0 Å². The summed E-state index contributed by atoms with van der Waals surface area (Å²) in [6, 6.07) is 3.78. The predicted octanol–water partition coefficient (Wildman–Crippen LogP) is 3.59. The fraction of sp³-hybridized carbons (Fsp3) is 0.500. The summed E-state index contributed by atoms with van der Waals surface area (Å²) in [6.07, 6.45) is 1.78. The summed E-state index contributed by atoms with van der Waals surface area (Å²) in [5.41, 5.74) is 2.26. The molecular weight excluding hydrogens is 300 g/mol. The van der Waals surface area contributed by atoms with Crippen LogP contribution in [0.25, 0.3) is 6.08 Å². The minimum Gasteiger partial charge on any atom is -0.872 e. The second kappa shape index (κ2) is 5.76. The molecule has 1 aromatic carbocycles. The summed E-state index contributed by atoms with van der Waals surface area (Å²) >= 11 is 0. The van der Waals surface area contributed by atoms with Gasteiger partial charge in [-0.2, -0.15) is 0 Å². The van der Waals surface area contributed by atoms with Crippen LogP contribution in [-0.2, 0) is 15.6 Å². The average molecular weight is 327 g/mol. The van der Waals surface area contributed by atoms with Crippen LogP contribution in [0.4, 0.5) is 0 Å². The van der Waals surface area contributed by atoms with E-state index in [0.29, 0.717) is 11.5 Å². The zero-order chi connectivity index (χ0) is 18.4. The van der Waals surface area contributed by atoms with Gasteiger partial charge in [-0.25, -0.2) is 4.99 Å². The molecule has 0 bridgehead atoms. The molecular formula is C20H27N2O2-. The maximum atomic E-state index is 12.9. The van der Waals surface area contributed by atoms with Gasteiger partial charge >= 0.3 is 0 Å². The number of hydrogen-bond acceptors (Lipinski definition) is 3. The molecule has 0 saturated heterocycles. The third-order valence-electron chi connectivity index (χ3n) is 4.32. The van der Waals surface area contributed by atoms with Crippen LogP contribution in [0.5, 0.6) is 5.75 Å². The van der Waals surface area contributed by atoms with Gasteiger partial charge in [0.1, 0.15) is 11.5 Å². The second-order valence-electron chi connectivity index (χ2n) is 8.50. The first-order valence-corrected chi connectivity index (χ1v) is 8.23. The van der Waals surface area contributed by atoms with E-state index in [1.165, 1.54) is 4.90 Å². The number of aliphatic imine (C=N–C) groups is 1. The van der Waals surface area contributed by atoms with Crippen LogP contribution in [0.3, 0.4) is 0 Å². The molecule has 0 atom stereocenters. The minimum absolute atomic E-state index is 0.0895. The molecule has 4 nitrogen and oxygen atoms in total. The summed E-state index contributed by atoms with van der Waals surface area (Å²) in [5, 5.41) is 12.9. The van der Waals surface area contributed by atoms with Crippen LogP contribution in [-0.4, -0.2) is 23.7 Å². The van der Waals surface area contributed by atoms with E-state index in [-0.39, 0.29) is 22.5 Å². The Kier molecular flexibility index (Phi) is 4.38. The van der Waals surface area contributed by atoms with E-state index < -0.39 is 0 Å². The molecule has 130 valence electrons. The molecule has 0 fully saturated rings. The molecule has 24 heavy (non-hydrogen) atoms. The van der Waals surface area contributed by atoms with E-state index in [1.807, 2.05) is 53.7 Å². The summed E-state index contributed by atoms with van der Waals surface area (Å²) in [5.74, 6) is 0.652. The number of rotatable bonds is 1. The first-order chi connectivity index (χ1) is 10.8. The lowest BCUT2D eigenvalue weighted by Crippen LogP contribution is -2.25. The van der Waals surface area contributed by atoms with Gasteiger partial charge in [0.05, 0.1) is 0 Å². The standard InChI is InChI=1S/C20H28N2O2/c1-12-21-16(18(24)22(12)8)11-13-9-14(19(2,3)4)17(23)15(10-13)20(5,6)7/h9-11,23H,1-8H3/p-1/b16-11-. The average Bonchev–Trinajstić information content (AvgIpc) is 2.65. The second-order valence-corrected chi connectivity index (χ2v) is 8.50. The number of nitrogens with zero attached hydrogens (tertiary/aromatic N) is 2. The van der Waals surface area contributed by atoms with E-state index in [9.17, 15) is 9.90 Å². The maximum Gasteiger partial charge on any atom is 0.277 e. The van der Waals surface area contributed by atoms with Crippen LogP contribution >= 0.6 is 0 Å². The minimum atomic E-state index is -0.263. The van der Waals surface area contributed by atoms with Gasteiger partial charge in [0, 0.05) is 7.05 Å². The van der Waals surface area contributed by atoms with Crippen molar-refractivity contribution in [1.82, 2.24) is 4.90 Å². The zero-order valence-corrected chi connectivity index (χ0v) is 15.9. The van der Waals surface area contributed by atoms with Crippen molar-refractivity contribution in [2.24, 2.45) is 4.99 Å². The molecule has 0 spiro atoms. The largest absolute Gasteiger partial charge is 0.872 e. The maximum absolute atomic E-state index is 12.9. The normalized spacial score (nSPS) is 17.7. The Morgan fingerprint density at radius 2 is 1.50 bits per heavy atom. The summed E-state index contributed by atoms with van der Waals surface area (Å²) in [4.78, 5) is 18.1. The van der Waals surface area contributed by atoms with E-state index >= 15 is 0 Å². The monoisotopic (exact) mass is 327 g/mol. The Morgan fingerprint density at radius 3 is 1.83 bits per heavy atom. The molecule has 2 rings (SSSR count). The van der Waals surface area contributed by atoms with Gasteiger partial charge in [-0.15, -0.1) is 5.75 Å². The molecule has 0 radical (unpaired) electrons. The quantitative estimate of drug-likeness (QED) is 0.740. The van der Waals surface area contributed by atoms with Crippen molar-refractivity contribution in [2.75, 3.05) is 7.05 Å². The SMILES string of the molecule is CC1=N/C(=C\c2cc(C(C)(C)C)c([O-])c(C(C)(C)C)c2)C(=O)N1C. The van der Waals surface area contributed by atoms with Crippen molar-refractivity contribution in [3.8, 4) is 5.75 Å². The van der Waals surface area contributed by atoms with E-state index in [2.05, 4.69) is 4.99 Å². The van der Waals surface area contributed by atoms with Crippen LogP contribution in [0, 0.1) is 0 Å². The lowest BCUT2D eigenvalue weighted by molar-refractivity contribution is -0.271. The van der Waals surface area contributed by atoms with Crippen molar-refractivity contribution >= 4 is 17.8 Å². The molecule has 1 aliphatic rings. The Hall–Kier alpha value is -2.10. The number of hydrogen-bond donors (Lipinski definition) is 0. The molecule has 0 unspecified atom stereocenters. The topological polar surface area (TPSA) is 55.7 Å². The molecule has 1 amide bonds. The van der Waals surface area contributed by atoms with E-state index in [4.69, 9.17) is 0 Å². The van der Waals surface area contributed by atoms with Gasteiger partial charge in [-0.1, -0.05) is 53.7 Å². The van der Waals surface area contributed by atoms with E-state index in [0.717, 1.165) is 16.7 Å². The molecule has 1 heterocycles. The third kappa shape index (κ3) is 3.37. The van der Waals surface area contributed by atoms with Crippen LogP contribution in [0.2, 0.25) is 0 Å².